The van der Waals surface area contributed by atoms with Crippen LogP contribution in [0.3, 0.4) is 0 Å². The number of benzene rings is 1. The second-order valence-electron chi connectivity index (χ2n) is 4.49. The third-order valence-electron chi connectivity index (χ3n) is 2.78. The first kappa shape index (κ1) is 12.9. The van der Waals surface area contributed by atoms with E-state index in [9.17, 15) is 4.39 Å². The molecule has 1 aromatic rings. The van der Waals surface area contributed by atoms with E-state index in [2.05, 4.69) is 24.2 Å². The van der Waals surface area contributed by atoms with Gasteiger partial charge in [-0.05, 0) is 24.1 Å². The molecule has 1 aromatic carbocycles. The summed E-state index contributed by atoms with van der Waals surface area (Å²) in [5.74, 6) is 0.982. The smallest absolute Gasteiger partial charge is 0.161 e. The Bertz CT molecular complexity index is 519. The maximum Gasteiger partial charge on any atom is 0.161 e. The van der Waals surface area contributed by atoms with E-state index >= 15 is 0 Å². The van der Waals surface area contributed by atoms with Crippen molar-refractivity contribution in [1.82, 2.24) is 0 Å². The van der Waals surface area contributed by atoms with Gasteiger partial charge in [0.1, 0.15) is 11.9 Å². The molecule has 3 nitrogen and oxygen atoms in total. The van der Waals surface area contributed by atoms with Crippen molar-refractivity contribution in [2.24, 2.45) is 10.9 Å². The fourth-order valence-corrected chi connectivity index (χ4v) is 2.80. The molecule has 1 aliphatic heterocycles. The van der Waals surface area contributed by atoms with Gasteiger partial charge in [0.2, 0.25) is 0 Å². The molecule has 1 N–H and O–H groups in total. The summed E-state index contributed by atoms with van der Waals surface area (Å²) in [7, 11) is 0. The van der Waals surface area contributed by atoms with Crippen LogP contribution in [0.4, 0.5) is 10.1 Å². The molecule has 0 saturated heterocycles. The second kappa shape index (κ2) is 5.40. The van der Waals surface area contributed by atoms with Gasteiger partial charge in [-0.25, -0.2) is 4.39 Å². The molecule has 18 heavy (non-hydrogen) atoms. The van der Waals surface area contributed by atoms with Crippen molar-refractivity contribution in [1.29, 1.82) is 5.26 Å². The van der Waals surface area contributed by atoms with Crippen LogP contribution in [0.1, 0.15) is 19.4 Å². The van der Waals surface area contributed by atoms with Crippen LogP contribution >= 0.6 is 11.8 Å². The van der Waals surface area contributed by atoms with Gasteiger partial charge < -0.3 is 5.32 Å². The summed E-state index contributed by atoms with van der Waals surface area (Å²) in [4.78, 5) is 4.55. The highest BCUT2D eigenvalue weighted by Gasteiger charge is 2.21. The molecule has 5 heteroatoms. The molecule has 0 amide bonds. The van der Waals surface area contributed by atoms with Crippen molar-refractivity contribution in [3.63, 3.8) is 0 Å². The number of rotatable bonds is 2. The molecule has 0 radical (unpaired) electrons. The van der Waals surface area contributed by atoms with Gasteiger partial charge in [-0.15, -0.1) is 0 Å². The number of aliphatic imine (C=N–C) groups is 1. The van der Waals surface area contributed by atoms with Gasteiger partial charge in [-0.1, -0.05) is 25.6 Å². The van der Waals surface area contributed by atoms with E-state index in [1.807, 2.05) is 6.07 Å². The number of nitriles is 1. The number of nitrogens with zero attached hydrogens (tertiary/aromatic N) is 2. The standard InChI is InChI=1S/C13H14FN3S/c1-8(2)12-7-18-13(17-12)16-10-3-4-11(14)9(5-10)6-15/h3-5,8,12H,7H2,1-2H3,(H,16,17)/t12-/m1/s1. The normalized spacial score (nSPS) is 18.6. The molecule has 1 aliphatic rings. The Morgan fingerprint density at radius 3 is 2.94 bits per heavy atom. The summed E-state index contributed by atoms with van der Waals surface area (Å²) in [6.07, 6.45) is 0. The van der Waals surface area contributed by atoms with E-state index in [-0.39, 0.29) is 5.56 Å². The lowest BCUT2D eigenvalue weighted by molar-refractivity contribution is 0.543. The van der Waals surface area contributed by atoms with Crippen LogP contribution in [0.2, 0.25) is 0 Å². The van der Waals surface area contributed by atoms with Crippen LogP contribution in [-0.2, 0) is 0 Å². The summed E-state index contributed by atoms with van der Waals surface area (Å²) in [5, 5.41) is 12.7. The molecule has 0 bridgehead atoms. The third kappa shape index (κ3) is 2.82. The van der Waals surface area contributed by atoms with Crippen LogP contribution in [0.15, 0.2) is 23.2 Å². The van der Waals surface area contributed by atoms with Gasteiger partial charge >= 0.3 is 0 Å². The van der Waals surface area contributed by atoms with Gasteiger partial charge in [-0.3, -0.25) is 4.99 Å². The van der Waals surface area contributed by atoms with E-state index in [0.29, 0.717) is 17.6 Å². The third-order valence-corrected chi connectivity index (χ3v) is 3.77. The fraction of sp³-hybridized carbons (Fsp3) is 0.385. The molecule has 0 spiro atoms. The Hall–Kier alpha value is -1.54. The van der Waals surface area contributed by atoms with Crippen molar-refractivity contribution in [2.75, 3.05) is 11.1 Å². The van der Waals surface area contributed by atoms with Crippen LogP contribution in [0, 0.1) is 23.1 Å². The number of thioether (sulfide) groups is 1. The zero-order valence-corrected chi connectivity index (χ0v) is 11.1. The van der Waals surface area contributed by atoms with Crippen LogP contribution in [0.25, 0.3) is 0 Å². The van der Waals surface area contributed by atoms with Gasteiger partial charge in [0.25, 0.3) is 0 Å². The summed E-state index contributed by atoms with van der Waals surface area (Å²) in [6.45, 7) is 4.28. The summed E-state index contributed by atoms with van der Waals surface area (Å²) < 4.78 is 13.2. The fourth-order valence-electron chi connectivity index (χ4n) is 1.61. The molecule has 1 heterocycles. The summed E-state index contributed by atoms with van der Waals surface area (Å²) in [6, 6.07) is 6.56. The Morgan fingerprint density at radius 2 is 2.33 bits per heavy atom. The highest BCUT2D eigenvalue weighted by atomic mass is 32.2. The number of hydrogen-bond acceptors (Lipinski definition) is 4. The van der Waals surface area contributed by atoms with Gasteiger partial charge in [0, 0.05) is 11.4 Å². The minimum absolute atomic E-state index is 0.0454. The highest BCUT2D eigenvalue weighted by Crippen LogP contribution is 2.25. The van der Waals surface area contributed by atoms with Gasteiger partial charge in [0.15, 0.2) is 5.17 Å². The maximum absolute atomic E-state index is 13.2. The molecule has 1 atom stereocenters. The maximum atomic E-state index is 13.2. The number of nitrogens with one attached hydrogen (secondary N) is 1. The molecule has 0 unspecified atom stereocenters. The average molecular weight is 263 g/mol. The molecule has 0 saturated carbocycles. The number of amidine groups is 1. The largest absolute Gasteiger partial charge is 0.335 e. The van der Waals surface area contributed by atoms with E-state index in [4.69, 9.17) is 5.26 Å². The first-order chi connectivity index (χ1) is 8.60. The Morgan fingerprint density at radius 1 is 1.56 bits per heavy atom. The van der Waals surface area contributed by atoms with Crippen molar-refractivity contribution in [3.05, 3.63) is 29.6 Å². The van der Waals surface area contributed by atoms with E-state index in [0.717, 1.165) is 10.9 Å². The van der Waals surface area contributed by atoms with Crippen molar-refractivity contribution in [2.45, 2.75) is 19.9 Å². The molecular weight excluding hydrogens is 249 g/mol. The number of anilines is 1. The van der Waals surface area contributed by atoms with E-state index < -0.39 is 5.82 Å². The number of hydrogen-bond donors (Lipinski definition) is 1. The highest BCUT2D eigenvalue weighted by molar-refractivity contribution is 8.14. The predicted molar refractivity (Wildman–Crippen MR) is 73.3 cm³/mol. The predicted octanol–water partition coefficient (Wildman–Crippen LogP) is 3.24. The lowest BCUT2D eigenvalue weighted by Crippen LogP contribution is -2.12. The molecular formula is C13H14FN3S. The minimum atomic E-state index is -0.496. The minimum Gasteiger partial charge on any atom is -0.335 e. The van der Waals surface area contributed by atoms with Crippen LogP contribution in [-0.4, -0.2) is 17.0 Å². The zero-order valence-electron chi connectivity index (χ0n) is 10.3. The molecule has 2 rings (SSSR count). The van der Waals surface area contributed by atoms with Gasteiger partial charge in [-0.2, -0.15) is 5.26 Å². The molecule has 0 aromatic heterocycles. The first-order valence-electron chi connectivity index (χ1n) is 5.77. The Balaban J connectivity index is 2.11. The number of halogens is 1. The molecule has 0 aliphatic carbocycles. The van der Waals surface area contributed by atoms with Gasteiger partial charge in [0.05, 0.1) is 11.6 Å². The Labute approximate surface area is 110 Å². The van der Waals surface area contributed by atoms with Crippen molar-refractivity contribution in [3.8, 4) is 6.07 Å². The first-order valence-corrected chi connectivity index (χ1v) is 6.76. The second-order valence-corrected chi connectivity index (χ2v) is 5.50. The summed E-state index contributed by atoms with van der Waals surface area (Å²) >= 11 is 1.65. The topological polar surface area (TPSA) is 48.2 Å². The van der Waals surface area contributed by atoms with E-state index in [1.165, 1.54) is 12.1 Å². The lowest BCUT2D eigenvalue weighted by Gasteiger charge is -2.08. The SMILES string of the molecule is CC(C)[C@H]1CSC(Nc2ccc(F)c(C#N)c2)=N1. The van der Waals surface area contributed by atoms with Crippen molar-refractivity contribution < 1.29 is 4.39 Å². The Kier molecular flexibility index (Phi) is 3.87. The monoisotopic (exact) mass is 263 g/mol. The van der Waals surface area contributed by atoms with Crippen LogP contribution in [0.5, 0.6) is 0 Å². The average Bonchev–Trinajstić information content (AvgIpc) is 2.80. The van der Waals surface area contributed by atoms with E-state index in [1.54, 1.807) is 17.8 Å². The molecule has 0 fully saturated rings. The van der Waals surface area contributed by atoms with Crippen molar-refractivity contribution >= 4 is 22.6 Å². The summed E-state index contributed by atoms with van der Waals surface area (Å²) in [5.41, 5.74) is 0.743. The molecule has 94 valence electrons. The quantitative estimate of drug-likeness (QED) is 0.891. The lowest BCUT2D eigenvalue weighted by atomic mass is 10.1. The zero-order chi connectivity index (χ0) is 13.1. The van der Waals surface area contributed by atoms with Crippen LogP contribution < -0.4 is 5.32 Å².